The predicted molar refractivity (Wildman–Crippen MR) is 70.6 cm³/mol. The van der Waals surface area contributed by atoms with Crippen molar-refractivity contribution in [2.75, 3.05) is 19.5 Å². The molecule has 0 aromatic heterocycles. The molecule has 7 nitrogen and oxygen atoms in total. The minimum atomic E-state index is -1.03. The number of nitrogens with one attached hydrogen (secondary N) is 1. The number of para-hydroxylation sites is 2. The number of nitro groups is 1. The molecule has 104 valence electrons. The van der Waals surface area contributed by atoms with Crippen LogP contribution < -0.4 is 5.32 Å². The van der Waals surface area contributed by atoms with Gasteiger partial charge in [0.15, 0.2) is 0 Å². The Balaban J connectivity index is 3.01. The summed E-state index contributed by atoms with van der Waals surface area (Å²) in [7, 11) is 2.85. The fourth-order valence-electron chi connectivity index (χ4n) is 1.61. The Hall–Kier alpha value is -2.15. The van der Waals surface area contributed by atoms with Gasteiger partial charge in [-0.25, -0.2) is 5.06 Å². The van der Waals surface area contributed by atoms with Crippen LogP contribution in [0.15, 0.2) is 24.3 Å². The summed E-state index contributed by atoms with van der Waals surface area (Å²) in [5.41, 5.74) is -0.824. The molecule has 0 fully saturated rings. The maximum Gasteiger partial charge on any atom is 0.292 e. The van der Waals surface area contributed by atoms with Crippen molar-refractivity contribution in [3.8, 4) is 0 Å². The first kappa shape index (κ1) is 14.9. The monoisotopic (exact) mass is 267 g/mol. The molecule has 0 aliphatic carbocycles. The van der Waals surface area contributed by atoms with Gasteiger partial charge in [-0.3, -0.25) is 19.7 Å². The van der Waals surface area contributed by atoms with E-state index in [2.05, 4.69) is 5.32 Å². The van der Waals surface area contributed by atoms with Crippen LogP contribution in [-0.2, 0) is 9.63 Å². The quantitative estimate of drug-likeness (QED) is 0.649. The zero-order valence-electron chi connectivity index (χ0n) is 11.3. The molecular weight excluding hydrogens is 250 g/mol. The predicted octanol–water partition coefficient (Wildman–Crippen LogP) is 1.81. The largest absolute Gasteiger partial charge is 0.366 e. The van der Waals surface area contributed by atoms with Crippen molar-refractivity contribution in [1.29, 1.82) is 0 Å². The molecule has 7 heteroatoms. The highest BCUT2D eigenvalue weighted by Crippen LogP contribution is 2.27. The van der Waals surface area contributed by atoms with Crippen LogP contribution in [0.5, 0.6) is 0 Å². The van der Waals surface area contributed by atoms with Gasteiger partial charge in [0.2, 0.25) is 0 Å². The Morgan fingerprint density at radius 1 is 1.42 bits per heavy atom. The number of rotatable bonds is 5. The summed E-state index contributed by atoms with van der Waals surface area (Å²) in [6.45, 7) is 3.25. The van der Waals surface area contributed by atoms with E-state index in [0.717, 1.165) is 5.06 Å². The van der Waals surface area contributed by atoms with Gasteiger partial charge in [-0.2, -0.15) is 0 Å². The Morgan fingerprint density at radius 3 is 2.53 bits per heavy atom. The van der Waals surface area contributed by atoms with Crippen LogP contribution in [0.25, 0.3) is 0 Å². The molecule has 1 aromatic carbocycles. The fourth-order valence-corrected chi connectivity index (χ4v) is 1.61. The number of carbonyl (C=O) groups is 1. The normalized spacial score (nSPS) is 10.9. The summed E-state index contributed by atoms with van der Waals surface area (Å²) < 4.78 is 0. The van der Waals surface area contributed by atoms with E-state index in [0.29, 0.717) is 0 Å². The number of nitro benzene ring substituents is 1. The minimum Gasteiger partial charge on any atom is -0.366 e. The number of likely N-dealkylation sites (N-methyl/N-ethyl adjacent to an activating group) is 1. The zero-order valence-corrected chi connectivity index (χ0v) is 11.3. The summed E-state index contributed by atoms with van der Waals surface area (Å²) in [5, 5.41) is 14.9. The van der Waals surface area contributed by atoms with E-state index in [-0.39, 0.29) is 17.3 Å². The second-order valence-electron chi connectivity index (χ2n) is 4.51. The molecule has 1 N–H and O–H groups in total. The highest BCUT2D eigenvalue weighted by atomic mass is 16.7. The van der Waals surface area contributed by atoms with E-state index in [1.807, 2.05) is 0 Å². The van der Waals surface area contributed by atoms with Crippen LogP contribution in [-0.4, -0.2) is 35.6 Å². The molecule has 1 amide bonds. The molecule has 0 unspecified atom stereocenters. The first-order chi connectivity index (χ1) is 8.79. The lowest BCUT2D eigenvalue weighted by Gasteiger charge is -2.29. The van der Waals surface area contributed by atoms with Gasteiger partial charge in [0.25, 0.3) is 11.6 Å². The summed E-state index contributed by atoms with van der Waals surface area (Å²) in [6.07, 6.45) is 0. The summed E-state index contributed by atoms with van der Waals surface area (Å²) >= 11 is 0. The van der Waals surface area contributed by atoms with Crippen LogP contribution in [0.3, 0.4) is 0 Å². The van der Waals surface area contributed by atoms with Gasteiger partial charge in [-0.1, -0.05) is 12.1 Å². The smallest absolute Gasteiger partial charge is 0.292 e. The van der Waals surface area contributed by atoms with Crippen molar-refractivity contribution in [3.63, 3.8) is 0 Å². The standard InChI is InChI=1S/C12H17N3O4/c1-12(2,11(16)14(3)19-4)13-9-7-5-6-8-10(9)15(17)18/h5-8,13H,1-4H3. The number of hydrogen-bond acceptors (Lipinski definition) is 5. The van der Waals surface area contributed by atoms with Gasteiger partial charge in [0, 0.05) is 13.1 Å². The number of anilines is 1. The highest BCUT2D eigenvalue weighted by Gasteiger charge is 2.32. The van der Waals surface area contributed by atoms with Crippen molar-refractivity contribution in [3.05, 3.63) is 34.4 Å². The molecule has 0 heterocycles. The molecule has 0 bridgehead atoms. The topological polar surface area (TPSA) is 84.7 Å². The third-order valence-electron chi connectivity index (χ3n) is 2.64. The molecule has 0 saturated heterocycles. The molecule has 0 saturated carbocycles. The maximum atomic E-state index is 12.0. The molecule has 0 aliphatic heterocycles. The molecule has 1 rings (SSSR count). The summed E-state index contributed by atoms with van der Waals surface area (Å²) in [6, 6.07) is 6.16. The van der Waals surface area contributed by atoms with E-state index < -0.39 is 10.5 Å². The van der Waals surface area contributed by atoms with E-state index >= 15 is 0 Å². The Morgan fingerprint density at radius 2 is 2.00 bits per heavy atom. The van der Waals surface area contributed by atoms with E-state index in [4.69, 9.17) is 4.84 Å². The number of nitrogens with zero attached hydrogens (tertiary/aromatic N) is 2. The average molecular weight is 267 g/mol. The molecule has 1 aromatic rings. The number of benzene rings is 1. The van der Waals surface area contributed by atoms with E-state index in [9.17, 15) is 14.9 Å². The number of carbonyl (C=O) groups excluding carboxylic acids is 1. The van der Waals surface area contributed by atoms with Gasteiger partial charge in [-0.15, -0.1) is 0 Å². The molecule has 0 spiro atoms. The molecule has 0 aliphatic rings. The maximum absolute atomic E-state index is 12.0. The van der Waals surface area contributed by atoms with E-state index in [1.165, 1.54) is 20.2 Å². The van der Waals surface area contributed by atoms with Crippen molar-refractivity contribution in [1.82, 2.24) is 5.06 Å². The van der Waals surface area contributed by atoms with Crippen LogP contribution in [0.4, 0.5) is 11.4 Å². The number of hydrogen-bond donors (Lipinski definition) is 1. The van der Waals surface area contributed by atoms with Crippen LogP contribution >= 0.6 is 0 Å². The highest BCUT2D eigenvalue weighted by molar-refractivity contribution is 5.88. The van der Waals surface area contributed by atoms with Crippen molar-refractivity contribution < 1.29 is 14.6 Å². The Bertz CT molecular complexity index is 488. The molecular formula is C12H17N3O4. The molecule has 0 radical (unpaired) electrons. The summed E-state index contributed by atoms with van der Waals surface area (Å²) in [5.74, 6) is -0.340. The third-order valence-corrected chi connectivity index (χ3v) is 2.64. The SMILES string of the molecule is CON(C)C(=O)C(C)(C)Nc1ccccc1[N+](=O)[O-]. The Labute approximate surface area is 111 Å². The molecule has 19 heavy (non-hydrogen) atoms. The van der Waals surface area contributed by atoms with Gasteiger partial charge in [-0.05, 0) is 19.9 Å². The first-order valence-corrected chi connectivity index (χ1v) is 5.63. The van der Waals surface area contributed by atoms with Crippen LogP contribution in [0, 0.1) is 10.1 Å². The fraction of sp³-hybridized carbons (Fsp3) is 0.417. The lowest BCUT2D eigenvalue weighted by molar-refractivity contribution is -0.384. The Kier molecular flexibility index (Phi) is 4.44. The third kappa shape index (κ3) is 3.41. The number of hydroxylamine groups is 2. The lowest BCUT2D eigenvalue weighted by atomic mass is 10.0. The van der Waals surface area contributed by atoms with Gasteiger partial charge in [0.05, 0.1) is 12.0 Å². The minimum absolute atomic E-state index is 0.0801. The first-order valence-electron chi connectivity index (χ1n) is 5.63. The molecule has 0 atom stereocenters. The van der Waals surface area contributed by atoms with Crippen molar-refractivity contribution in [2.24, 2.45) is 0 Å². The van der Waals surface area contributed by atoms with Crippen molar-refractivity contribution >= 4 is 17.3 Å². The van der Waals surface area contributed by atoms with E-state index in [1.54, 1.807) is 32.0 Å². The van der Waals surface area contributed by atoms with Crippen molar-refractivity contribution in [2.45, 2.75) is 19.4 Å². The van der Waals surface area contributed by atoms with Gasteiger partial charge in [0.1, 0.15) is 11.2 Å². The van der Waals surface area contributed by atoms with Crippen LogP contribution in [0.2, 0.25) is 0 Å². The van der Waals surface area contributed by atoms with Gasteiger partial charge >= 0.3 is 0 Å². The second-order valence-corrected chi connectivity index (χ2v) is 4.51. The van der Waals surface area contributed by atoms with Gasteiger partial charge < -0.3 is 5.32 Å². The summed E-state index contributed by atoms with van der Waals surface area (Å²) in [4.78, 5) is 27.3. The second kappa shape index (κ2) is 5.66. The van der Waals surface area contributed by atoms with Crippen LogP contribution in [0.1, 0.15) is 13.8 Å². The zero-order chi connectivity index (χ0) is 14.6. The average Bonchev–Trinajstić information content (AvgIpc) is 2.36. The number of amides is 1. The lowest BCUT2D eigenvalue weighted by Crippen LogP contribution is -2.48.